The van der Waals surface area contributed by atoms with E-state index in [0.717, 1.165) is 0 Å². The van der Waals surface area contributed by atoms with Crippen LogP contribution in [0.5, 0.6) is 0 Å². The third kappa shape index (κ3) is 3.55. The zero-order chi connectivity index (χ0) is 21.6. The van der Waals surface area contributed by atoms with Crippen LogP contribution in [0.2, 0.25) is 0 Å². The number of benzene rings is 5. The first kappa shape index (κ1) is 20.0. The van der Waals surface area contributed by atoms with Crippen molar-refractivity contribution >= 4 is 0 Å². The van der Waals surface area contributed by atoms with Crippen LogP contribution in [-0.4, -0.2) is 0 Å². The molecule has 5 rings (SSSR count). The van der Waals surface area contributed by atoms with E-state index >= 15 is 0 Å². The molecule has 0 saturated carbocycles. The molecule has 0 aromatic heterocycles. The summed E-state index contributed by atoms with van der Waals surface area (Å²) in [6.07, 6.45) is 0. The van der Waals surface area contributed by atoms with Gasteiger partial charge in [-0.05, 0) is 27.8 Å². The minimum absolute atomic E-state index is 0.480. The zero-order valence-electron chi connectivity index (χ0n) is 17.9. The van der Waals surface area contributed by atoms with Crippen LogP contribution in [0.15, 0.2) is 152 Å². The predicted octanol–water partition coefficient (Wildman–Crippen LogP) is 7.69. The van der Waals surface area contributed by atoms with Crippen molar-refractivity contribution in [2.24, 2.45) is 0 Å². The van der Waals surface area contributed by atoms with E-state index in [1.807, 2.05) is 0 Å². The highest BCUT2D eigenvalue weighted by Crippen LogP contribution is 2.51. The summed E-state index contributed by atoms with van der Waals surface area (Å²) < 4.78 is 0. The predicted molar refractivity (Wildman–Crippen MR) is 134 cm³/mol. The molecule has 0 N–H and O–H groups in total. The maximum absolute atomic E-state index is 2.26. The molecule has 0 bridgehead atoms. The molecule has 153 valence electrons. The summed E-state index contributed by atoms with van der Waals surface area (Å²) in [7, 11) is 0. The van der Waals surface area contributed by atoms with Gasteiger partial charge in [0.25, 0.3) is 0 Å². The maximum Gasteiger partial charge on any atom is 0.0600 e. The average molecular weight is 410 g/mol. The van der Waals surface area contributed by atoms with Crippen molar-refractivity contribution < 1.29 is 0 Å². The normalized spacial score (nSPS) is 11.4. The molecule has 0 aliphatic rings. The van der Waals surface area contributed by atoms with Gasteiger partial charge in [-0.25, -0.2) is 0 Å². The van der Waals surface area contributed by atoms with Crippen LogP contribution >= 0.6 is 0 Å². The van der Waals surface area contributed by atoms with Gasteiger partial charge in [-0.15, -0.1) is 0 Å². The van der Waals surface area contributed by atoms with E-state index in [1.54, 1.807) is 0 Å². The molecule has 0 aliphatic carbocycles. The first-order valence-electron chi connectivity index (χ1n) is 11.1. The van der Waals surface area contributed by atoms with Gasteiger partial charge in [0.2, 0.25) is 0 Å². The van der Waals surface area contributed by atoms with Crippen molar-refractivity contribution in [1.29, 1.82) is 0 Å². The van der Waals surface area contributed by atoms with Crippen molar-refractivity contribution in [3.8, 4) is 0 Å². The number of hydrogen-bond donors (Lipinski definition) is 0. The molecule has 0 spiro atoms. The van der Waals surface area contributed by atoms with Gasteiger partial charge in [0.05, 0.1) is 11.3 Å². The Morgan fingerprint density at radius 1 is 0.312 bits per heavy atom. The van der Waals surface area contributed by atoms with Crippen LogP contribution in [0, 0.1) is 5.92 Å². The summed E-state index contributed by atoms with van der Waals surface area (Å²) >= 11 is 0. The highest BCUT2D eigenvalue weighted by Gasteiger charge is 2.45. The van der Waals surface area contributed by atoms with Crippen molar-refractivity contribution in [1.82, 2.24) is 0 Å². The second kappa shape index (κ2) is 9.08. The minimum Gasteiger partial charge on any atom is -0.0622 e. The van der Waals surface area contributed by atoms with Crippen LogP contribution in [0.4, 0.5) is 0 Å². The summed E-state index contributed by atoms with van der Waals surface area (Å²) in [6.45, 7) is 0. The molecule has 5 aromatic carbocycles. The molecular formula is C32H25. The first-order chi connectivity index (χ1) is 15.9. The van der Waals surface area contributed by atoms with Crippen LogP contribution in [0.1, 0.15) is 27.8 Å². The summed E-state index contributed by atoms with van der Waals surface area (Å²) in [5.74, 6) is 1.28. The standard InChI is InChI=1S/C32H25/c1-6-16-26(17-7-1)31(27-18-8-2-9-19-27)32(28-20-10-3-11-21-28,29-22-12-4-13-23-29)30-24-14-5-15-25-30/h1-25H. The van der Waals surface area contributed by atoms with E-state index in [1.165, 1.54) is 33.7 Å². The summed E-state index contributed by atoms with van der Waals surface area (Å²) in [4.78, 5) is 0. The Hall–Kier alpha value is -3.90. The second-order valence-electron chi connectivity index (χ2n) is 7.96. The Labute approximate surface area is 190 Å². The molecule has 0 nitrogen and oxygen atoms in total. The van der Waals surface area contributed by atoms with E-state index in [4.69, 9.17) is 0 Å². The number of rotatable bonds is 6. The van der Waals surface area contributed by atoms with E-state index in [0.29, 0.717) is 0 Å². The zero-order valence-corrected chi connectivity index (χ0v) is 17.9. The van der Waals surface area contributed by atoms with Crippen LogP contribution in [0.25, 0.3) is 0 Å². The quantitative estimate of drug-likeness (QED) is 0.252. The van der Waals surface area contributed by atoms with Gasteiger partial charge in [-0.1, -0.05) is 152 Å². The lowest BCUT2D eigenvalue weighted by molar-refractivity contribution is 0.671. The lowest BCUT2D eigenvalue weighted by Crippen LogP contribution is -2.38. The molecule has 0 atom stereocenters. The average Bonchev–Trinajstić information content (AvgIpc) is 2.90. The lowest BCUT2D eigenvalue weighted by Gasteiger charge is -2.43. The SMILES string of the molecule is c1ccc([C](c2ccccc2)C(c2ccccc2)(c2ccccc2)c2ccccc2)cc1. The summed E-state index contributed by atoms with van der Waals surface area (Å²) in [5.41, 5.74) is 5.71. The van der Waals surface area contributed by atoms with Gasteiger partial charge < -0.3 is 0 Å². The van der Waals surface area contributed by atoms with Crippen molar-refractivity contribution in [3.05, 3.63) is 185 Å². The molecule has 1 radical (unpaired) electrons. The Bertz CT molecular complexity index is 1090. The Morgan fingerprint density at radius 2 is 0.562 bits per heavy atom. The third-order valence-corrected chi connectivity index (χ3v) is 6.12. The Balaban J connectivity index is 1.94. The molecule has 32 heavy (non-hydrogen) atoms. The first-order valence-corrected chi connectivity index (χ1v) is 11.1. The van der Waals surface area contributed by atoms with Crippen molar-refractivity contribution in [3.63, 3.8) is 0 Å². The molecule has 0 heteroatoms. The van der Waals surface area contributed by atoms with Crippen LogP contribution in [-0.2, 0) is 5.41 Å². The van der Waals surface area contributed by atoms with Gasteiger partial charge in [0.1, 0.15) is 0 Å². The summed E-state index contributed by atoms with van der Waals surface area (Å²) in [6, 6.07) is 54.3. The molecule has 5 aromatic rings. The molecule has 0 amide bonds. The van der Waals surface area contributed by atoms with E-state index < -0.39 is 5.41 Å². The van der Waals surface area contributed by atoms with Crippen molar-refractivity contribution in [2.45, 2.75) is 5.41 Å². The van der Waals surface area contributed by atoms with E-state index in [9.17, 15) is 0 Å². The molecular weight excluding hydrogens is 384 g/mol. The maximum atomic E-state index is 2.26. The monoisotopic (exact) mass is 409 g/mol. The molecule has 0 fully saturated rings. The molecule has 0 heterocycles. The second-order valence-corrected chi connectivity index (χ2v) is 7.96. The Kier molecular flexibility index (Phi) is 5.68. The van der Waals surface area contributed by atoms with Gasteiger partial charge >= 0.3 is 0 Å². The lowest BCUT2D eigenvalue weighted by atomic mass is 9.58. The smallest absolute Gasteiger partial charge is 0.0600 e. The van der Waals surface area contributed by atoms with E-state index in [-0.39, 0.29) is 0 Å². The van der Waals surface area contributed by atoms with E-state index in [2.05, 4.69) is 152 Å². The molecule has 0 saturated heterocycles. The fourth-order valence-corrected chi connectivity index (χ4v) is 4.81. The fourth-order valence-electron chi connectivity index (χ4n) is 4.81. The Morgan fingerprint density at radius 3 is 0.844 bits per heavy atom. The van der Waals surface area contributed by atoms with Crippen LogP contribution in [0.3, 0.4) is 0 Å². The van der Waals surface area contributed by atoms with Crippen molar-refractivity contribution in [2.75, 3.05) is 0 Å². The fraction of sp³-hybridized carbons (Fsp3) is 0.0312. The van der Waals surface area contributed by atoms with Gasteiger partial charge in [-0.3, -0.25) is 0 Å². The van der Waals surface area contributed by atoms with Gasteiger partial charge in [0, 0.05) is 0 Å². The summed E-state index contributed by atoms with van der Waals surface area (Å²) in [5, 5.41) is 0. The number of hydrogen-bond acceptors (Lipinski definition) is 0. The largest absolute Gasteiger partial charge is 0.0622 e. The van der Waals surface area contributed by atoms with Crippen LogP contribution < -0.4 is 0 Å². The topological polar surface area (TPSA) is 0 Å². The highest BCUT2D eigenvalue weighted by molar-refractivity contribution is 5.66. The highest BCUT2D eigenvalue weighted by atomic mass is 14.5. The molecule has 0 unspecified atom stereocenters. The molecule has 0 aliphatic heterocycles. The third-order valence-electron chi connectivity index (χ3n) is 6.12. The minimum atomic E-state index is -0.480. The van der Waals surface area contributed by atoms with Gasteiger partial charge in [-0.2, -0.15) is 0 Å². The van der Waals surface area contributed by atoms with Gasteiger partial charge in [0.15, 0.2) is 0 Å².